The highest BCUT2D eigenvalue weighted by Crippen LogP contribution is 2.26. The van der Waals surface area contributed by atoms with Gasteiger partial charge in [-0.3, -0.25) is 4.79 Å². The van der Waals surface area contributed by atoms with Crippen molar-refractivity contribution in [1.29, 1.82) is 0 Å². The van der Waals surface area contributed by atoms with Crippen molar-refractivity contribution in [3.05, 3.63) is 76.8 Å². The third-order valence-electron chi connectivity index (χ3n) is 3.71. The number of ether oxygens (including phenoxy) is 1. The summed E-state index contributed by atoms with van der Waals surface area (Å²) >= 11 is 5.83. The molecule has 0 aliphatic carbocycles. The van der Waals surface area contributed by atoms with Crippen LogP contribution in [0, 0.1) is 12.3 Å². The molecule has 0 radical (unpaired) electrons. The maximum atomic E-state index is 12.1. The molecule has 0 bridgehead atoms. The van der Waals surface area contributed by atoms with Crippen molar-refractivity contribution in [3.8, 4) is 18.1 Å². The Hall–Kier alpha value is -3.29. The molecule has 1 N–H and O–H groups in total. The van der Waals surface area contributed by atoms with E-state index in [1.807, 2.05) is 36.4 Å². The van der Waals surface area contributed by atoms with Crippen LogP contribution < -0.4 is 10.2 Å². The van der Waals surface area contributed by atoms with E-state index >= 15 is 0 Å². The van der Waals surface area contributed by atoms with E-state index in [0.29, 0.717) is 16.3 Å². The first-order chi connectivity index (χ1) is 12.7. The van der Waals surface area contributed by atoms with Crippen molar-refractivity contribution in [2.75, 3.05) is 6.61 Å². The first-order valence-electron chi connectivity index (χ1n) is 7.86. The zero-order valence-corrected chi connectivity index (χ0v) is 14.5. The Morgan fingerprint density at radius 1 is 1.15 bits per heavy atom. The number of nitrogens with zero attached hydrogens (tertiary/aromatic N) is 1. The van der Waals surface area contributed by atoms with E-state index in [1.165, 1.54) is 0 Å². The number of nitrogens with one attached hydrogen (secondary N) is 1. The summed E-state index contributed by atoms with van der Waals surface area (Å²) in [4.78, 5) is 12.1. The molecule has 0 saturated carbocycles. The minimum atomic E-state index is -0.329. The monoisotopic (exact) mass is 362 g/mol. The lowest BCUT2D eigenvalue weighted by molar-refractivity contribution is 0.0955. The van der Waals surface area contributed by atoms with Gasteiger partial charge in [0, 0.05) is 16.1 Å². The van der Waals surface area contributed by atoms with Crippen molar-refractivity contribution >= 4 is 34.5 Å². The molecule has 1 amide bonds. The highest BCUT2D eigenvalue weighted by atomic mass is 35.5. The number of hydrogen-bond donors (Lipinski definition) is 1. The van der Waals surface area contributed by atoms with E-state index in [0.717, 1.165) is 16.3 Å². The maximum Gasteiger partial charge on any atom is 0.271 e. The van der Waals surface area contributed by atoms with Crippen LogP contribution in [0.1, 0.15) is 15.9 Å². The van der Waals surface area contributed by atoms with Gasteiger partial charge in [-0.15, -0.1) is 6.42 Å². The molecule has 26 heavy (non-hydrogen) atoms. The van der Waals surface area contributed by atoms with E-state index in [2.05, 4.69) is 16.4 Å². The number of rotatable bonds is 5. The maximum absolute atomic E-state index is 12.1. The summed E-state index contributed by atoms with van der Waals surface area (Å²) in [5.41, 5.74) is 3.72. The van der Waals surface area contributed by atoms with Crippen LogP contribution in [-0.2, 0) is 0 Å². The quantitative estimate of drug-likeness (QED) is 0.418. The Bertz CT molecular complexity index is 1000. The average molecular weight is 363 g/mol. The first-order valence-corrected chi connectivity index (χ1v) is 8.24. The predicted octanol–water partition coefficient (Wildman–Crippen LogP) is 4.27. The lowest BCUT2D eigenvalue weighted by Crippen LogP contribution is -2.17. The molecule has 0 atom stereocenters. The van der Waals surface area contributed by atoms with Gasteiger partial charge >= 0.3 is 0 Å². The summed E-state index contributed by atoms with van der Waals surface area (Å²) in [6.07, 6.45) is 6.84. The van der Waals surface area contributed by atoms with Gasteiger partial charge in [0.2, 0.25) is 0 Å². The van der Waals surface area contributed by atoms with Crippen LogP contribution in [0.2, 0.25) is 5.02 Å². The van der Waals surface area contributed by atoms with Crippen LogP contribution in [0.15, 0.2) is 65.8 Å². The van der Waals surface area contributed by atoms with Crippen LogP contribution in [0.4, 0.5) is 0 Å². The summed E-state index contributed by atoms with van der Waals surface area (Å²) in [7, 11) is 0. The minimum Gasteiger partial charge on any atom is -0.480 e. The van der Waals surface area contributed by atoms with E-state index in [4.69, 9.17) is 22.8 Å². The Morgan fingerprint density at radius 3 is 2.69 bits per heavy atom. The molecule has 128 valence electrons. The van der Waals surface area contributed by atoms with Gasteiger partial charge < -0.3 is 4.74 Å². The summed E-state index contributed by atoms with van der Waals surface area (Å²) in [5, 5.41) is 6.62. The second-order valence-corrected chi connectivity index (χ2v) is 5.83. The summed E-state index contributed by atoms with van der Waals surface area (Å²) in [6.45, 7) is 0.149. The number of amides is 1. The van der Waals surface area contributed by atoms with Gasteiger partial charge in [-0.2, -0.15) is 5.10 Å². The van der Waals surface area contributed by atoms with Crippen LogP contribution in [0.25, 0.3) is 10.8 Å². The molecule has 0 aliphatic heterocycles. The van der Waals surface area contributed by atoms with Gasteiger partial charge in [0.05, 0.1) is 6.21 Å². The lowest BCUT2D eigenvalue weighted by atomic mass is 10.0. The van der Waals surface area contributed by atoms with Crippen LogP contribution in [0.5, 0.6) is 5.75 Å². The SMILES string of the molecule is C#CCOc1ccc2ccccc2c1/C=N\NC(=O)c1ccc(Cl)cc1. The minimum absolute atomic E-state index is 0.149. The molecule has 0 unspecified atom stereocenters. The standard InChI is InChI=1S/C21H15ClN2O2/c1-2-13-26-20-12-9-15-5-3-4-6-18(15)19(20)14-23-24-21(25)16-7-10-17(22)11-8-16/h1,3-12,14H,13H2,(H,24,25)/b23-14-. The Balaban J connectivity index is 1.86. The Labute approximate surface area is 156 Å². The molecular formula is C21H15ClN2O2. The normalized spacial score (nSPS) is 10.6. The fourth-order valence-corrected chi connectivity index (χ4v) is 2.60. The van der Waals surface area contributed by atoms with Crippen LogP contribution >= 0.6 is 11.6 Å². The molecule has 5 heteroatoms. The molecule has 4 nitrogen and oxygen atoms in total. The number of benzene rings is 3. The fourth-order valence-electron chi connectivity index (χ4n) is 2.48. The molecule has 0 aliphatic rings. The van der Waals surface area contributed by atoms with E-state index < -0.39 is 0 Å². The predicted molar refractivity (Wildman–Crippen MR) is 105 cm³/mol. The van der Waals surface area contributed by atoms with Crippen LogP contribution in [-0.4, -0.2) is 18.7 Å². The van der Waals surface area contributed by atoms with Gasteiger partial charge in [0.1, 0.15) is 12.4 Å². The zero-order valence-electron chi connectivity index (χ0n) is 13.8. The van der Waals surface area contributed by atoms with Gasteiger partial charge in [-0.05, 0) is 41.1 Å². The Morgan fingerprint density at radius 2 is 1.92 bits per heavy atom. The molecular weight excluding hydrogens is 348 g/mol. The number of hydrogen-bond acceptors (Lipinski definition) is 3. The molecule has 0 spiro atoms. The molecule has 0 fully saturated rings. The van der Waals surface area contributed by atoms with E-state index in [1.54, 1.807) is 30.5 Å². The van der Waals surface area contributed by atoms with E-state index in [-0.39, 0.29) is 12.5 Å². The number of carbonyl (C=O) groups is 1. The van der Waals surface area contributed by atoms with Gasteiger partial charge in [0.25, 0.3) is 5.91 Å². The highest BCUT2D eigenvalue weighted by Gasteiger charge is 2.08. The topological polar surface area (TPSA) is 50.7 Å². The van der Waals surface area contributed by atoms with Crippen molar-refractivity contribution in [2.24, 2.45) is 5.10 Å². The zero-order chi connectivity index (χ0) is 18.4. The van der Waals surface area contributed by atoms with Gasteiger partial charge in [-0.1, -0.05) is 47.9 Å². The molecule has 0 aromatic heterocycles. The second-order valence-electron chi connectivity index (χ2n) is 5.40. The van der Waals surface area contributed by atoms with Crippen molar-refractivity contribution < 1.29 is 9.53 Å². The number of hydrazone groups is 1. The number of fused-ring (bicyclic) bond motifs is 1. The highest BCUT2D eigenvalue weighted by molar-refractivity contribution is 6.30. The molecule has 0 heterocycles. The van der Waals surface area contributed by atoms with Crippen LogP contribution in [0.3, 0.4) is 0 Å². The fraction of sp³-hybridized carbons (Fsp3) is 0.0476. The number of carbonyl (C=O) groups excluding carboxylic acids is 1. The molecule has 3 rings (SSSR count). The lowest BCUT2D eigenvalue weighted by Gasteiger charge is -2.09. The first kappa shape index (κ1) is 17.5. The second kappa shape index (κ2) is 8.19. The average Bonchev–Trinajstić information content (AvgIpc) is 2.67. The summed E-state index contributed by atoms with van der Waals surface area (Å²) < 4.78 is 5.60. The molecule has 3 aromatic rings. The molecule has 3 aromatic carbocycles. The third-order valence-corrected chi connectivity index (χ3v) is 3.96. The molecule has 0 saturated heterocycles. The van der Waals surface area contributed by atoms with Gasteiger partial charge in [0.15, 0.2) is 0 Å². The van der Waals surface area contributed by atoms with Crippen molar-refractivity contribution in [1.82, 2.24) is 5.43 Å². The number of terminal acetylenes is 1. The smallest absolute Gasteiger partial charge is 0.271 e. The third kappa shape index (κ3) is 4.02. The number of halogens is 1. The summed E-state index contributed by atoms with van der Waals surface area (Å²) in [6, 6.07) is 18.2. The van der Waals surface area contributed by atoms with E-state index in [9.17, 15) is 4.79 Å². The largest absolute Gasteiger partial charge is 0.480 e. The van der Waals surface area contributed by atoms with Crippen molar-refractivity contribution in [3.63, 3.8) is 0 Å². The van der Waals surface area contributed by atoms with Gasteiger partial charge in [-0.25, -0.2) is 5.43 Å². The summed E-state index contributed by atoms with van der Waals surface area (Å²) in [5.74, 6) is 2.72. The Kier molecular flexibility index (Phi) is 5.52. The van der Waals surface area contributed by atoms with Crippen molar-refractivity contribution in [2.45, 2.75) is 0 Å².